The normalized spacial score (nSPS) is 15.4. The Labute approximate surface area is 123 Å². The third-order valence-corrected chi connectivity index (χ3v) is 4.34. The largest absolute Gasteiger partial charge is 0.469 e. The van der Waals surface area contributed by atoms with Gasteiger partial charge in [-0.25, -0.2) is 0 Å². The summed E-state index contributed by atoms with van der Waals surface area (Å²) in [4.78, 5) is 23.4. The first kappa shape index (κ1) is 14.9. The van der Waals surface area contributed by atoms with Gasteiger partial charge in [0, 0.05) is 11.8 Å². The second-order valence-corrected chi connectivity index (χ2v) is 5.98. The van der Waals surface area contributed by atoms with E-state index in [0.29, 0.717) is 18.2 Å². The predicted molar refractivity (Wildman–Crippen MR) is 79.4 cm³/mol. The zero-order valence-electron chi connectivity index (χ0n) is 11.5. The van der Waals surface area contributed by atoms with Crippen LogP contribution < -0.4 is 5.32 Å². The summed E-state index contributed by atoms with van der Waals surface area (Å²) in [5.41, 5.74) is 0.973. The van der Waals surface area contributed by atoms with Crippen molar-refractivity contribution in [1.29, 1.82) is 0 Å². The number of carbonyl (C=O) groups is 2. The molecule has 0 heterocycles. The summed E-state index contributed by atoms with van der Waals surface area (Å²) >= 11 is 1.48. The van der Waals surface area contributed by atoms with Crippen LogP contribution in [-0.4, -0.2) is 30.8 Å². The van der Waals surface area contributed by atoms with Crippen molar-refractivity contribution in [2.24, 2.45) is 0 Å². The lowest BCUT2D eigenvalue weighted by Crippen LogP contribution is -2.30. The van der Waals surface area contributed by atoms with Gasteiger partial charge in [0.05, 0.1) is 13.5 Å². The summed E-state index contributed by atoms with van der Waals surface area (Å²) in [6.07, 6.45) is 2.46. The molecule has 4 nitrogen and oxygen atoms in total. The molecule has 108 valence electrons. The number of nitrogens with one attached hydrogen (secondary N) is 1. The molecule has 0 aromatic heterocycles. The molecule has 1 amide bonds. The lowest BCUT2D eigenvalue weighted by Gasteiger charge is -2.16. The van der Waals surface area contributed by atoms with Crippen LogP contribution in [0.25, 0.3) is 0 Å². The van der Waals surface area contributed by atoms with E-state index < -0.39 is 0 Å². The standard InChI is InChI=1S/C15H19NO3S/c1-19-13(17)9-10-20-14(11-5-3-2-4-6-11)15(18)16-12-7-8-12/h2-6,12,14H,7-10H2,1H3,(H,16,18)/t14-/m1/s1. The Balaban J connectivity index is 1.96. The maximum atomic E-state index is 12.3. The van der Waals surface area contributed by atoms with Crippen molar-refractivity contribution >= 4 is 23.6 Å². The molecule has 1 saturated carbocycles. The van der Waals surface area contributed by atoms with Gasteiger partial charge in [0.25, 0.3) is 0 Å². The first-order chi connectivity index (χ1) is 9.70. The maximum Gasteiger partial charge on any atom is 0.306 e. The van der Waals surface area contributed by atoms with Crippen molar-refractivity contribution in [3.8, 4) is 0 Å². The first-order valence-corrected chi connectivity index (χ1v) is 7.79. The third kappa shape index (κ3) is 4.56. The van der Waals surface area contributed by atoms with Crippen molar-refractivity contribution < 1.29 is 14.3 Å². The second kappa shape index (κ2) is 7.33. The average molecular weight is 293 g/mol. The number of hydrogen-bond acceptors (Lipinski definition) is 4. The van der Waals surface area contributed by atoms with Crippen LogP contribution >= 0.6 is 11.8 Å². The van der Waals surface area contributed by atoms with Crippen LogP contribution in [0.3, 0.4) is 0 Å². The minimum atomic E-state index is -0.263. The van der Waals surface area contributed by atoms with Gasteiger partial charge in [-0.3, -0.25) is 9.59 Å². The molecule has 0 aliphatic heterocycles. The number of thioether (sulfide) groups is 1. The molecule has 1 fully saturated rings. The van der Waals surface area contributed by atoms with Crippen LogP contribution in [0.1, 0.15) is 30.1 Å². The minimum absolute atomic E-state index is 0.0357. The molecule has 20 heavy (non-hydrogen) atoms. The van der Waals surface area contributed by atoms with Gasteiger partial charge in [-0.2, -0.15) is 0 Å². The fraction of sp³-hybridized carbons (Fsp3) is 0.467. The minimum Gasteiger partial charge on any atom is -0.469 e. The lowest BCUT2D eigenvalue weighted by molar-refractivity contribution is -0.140. The summed E-state index contributed by atoms with van der Waals surface area (Å²) in [5, 5.41) is 2.77. The van der Waals surface area contributed by atoms with E-state index in [4.69, 9.17) is 0 Å². The van der Waals surface area contributed by atoms with Crippen molar-refractivity contribution in [1.82, 2.24) is 5.32 Å². The summed E-state index contributed by atoms with van der Waals surface area (Å²) in [7, 11) is 1.38. The van der Waals surface area contributed by atoms with E-state index in [2.05, 4.69) is 10.1 Å². The monoisotopic (exact) mass is 293 g/mol. The zero-order chi connectivity index (χ0) is 14.4. The average Bonchev–Trinajstić information content (AvgIpc) is 3.28. The Bertz CT molecular complexity index is 459. The topological polar surface area (TPSA) is 55.4 Å². The van der Waals surface area contributed by atoms with E-state index in [1.807, 2.05) is 30.3 Å². The Kier molecular flexibility index (Phi) is 5.47. The van der Waals surface area contributed by atoms with Crippen LogP contribution in [0.4, 0.5) is 0 Å². The molecule has 1 aromatic rings. The first-order valence-electron chi connectivity index (χ1n) is 6.74. The lowest BCUT2D eigenvalue weighted by atomic mass is 10.1. The predicted octanol–water partition coefficient (Wildman–Crippen LogP) is 2.30. The molecule has 1 aliphatic carbocycles. The second-order valence-electron chi connectivity index (χ2n) is 4.77. The highest BCUT2D eigenvalue weighted by atomic mass is 32.2. The molecule has 0 unspecified atom stereocenters. The molecule has 1 aromatic carbocycles. The van der Waals surface area contributed by atoms with Crippen LogP contribution in [0.5, 0.6) is 0 Å². The van der Waals surface area contributed by atoms with Crippen LogP contribution in [0, 0.1) is 0 Å². The van der Waals surface area contributed by atoms with Gasteiger partial charge in [-0.1, -0.05) is 30.3 Å². The van der Waals surface area contributed by atoms with Gasteiger partial charge in [0.1, 0.15) is 5.25 Å². The van der Waals surface area contributed by atoms with Crippen LogP contribution in [0.2, 0.25) is 0 Å². The molecule has 0 spiro atoms. The smallest absolute Gasteiger partial charge is 0.306 e. The molecule has 1 N–H and O–H groups in total. The van der Waals surface area contributed by atoms with Crippen molar-refractivity contribution in [2.75, 3.05) is 12.9 Å². The van der Waals surface area contributed by atoms with E-state index in [0.717, 1.165) is 18.4 Å². The van der Waals surface area contributed by atoms with Gasteiger partial charge in [0.15, 0.2) is 0 Å². The number of methoxy groups -OCH3 is 1. The van der Waals surface area contributed by atoms with Gasteiger partial charge < -0.3 is 10.1 Å². The molecule has 0 saturated heterocycles. The molecule has 2 rings (SSSR count). The van der Waals surface area contributed by atoms with E-state index in [1.54, 1.807) is 0 Å². The highest BCUT2D eigenvalue weighted by molar-refractivity contribution is 8.00. The van der Waals surface area contributed by atoms with Crippen molar-refractivity contribution in [2.45, 2.75) is 30.6 Å². The molecular formula is C15H19NO3S. The SMILES string of the molecule is COC(=O)CCS[C@@H](C(=O)NC1CC1)c1ccccc1. The molecule has 0 bridgehead atoms. The van der Waals surface area contributed by atoms with Gasteiger partial charge in [-0.15, -0.1) is 11.8 Å². The molecule has 1 aliphatic rings. The maximum absolute atomic E-state index is 12.3. The summed E-state index contributed by atoms with van der Waals surface area (Å²) in [6, 6.07) is 10.0. The highest BCUT2D eigenvalue weighted by Gasteiger charge is 2.28. The van der Waals surface area contributed by atoms with Crippen LogP contribution in [0.15, 0.2) is 30.3 Å². The number of ether oxygens (including phenoxy) is 1. The number of rotatable bonds is 7. The molecule has 0 radical (unpaired) electrons. The Morgan fingerprint density at radius 2 is 2.05 bits per heavy atom. The number of hydrogen-bond donors (Lipinski definition) is 1. The number of benzene rings is 1. The van der Waals surface area contributed by atoms with Gasteiger partial charge in [0.2, 0.25) is 5.91 Å². The number of esters is 1. The Morgan fingerprint density at radius 3 is 2.65 bits per heavy atom. The highest BCUT2D eigenvalue weighted by Crippen LogP contribution is 2.31. The third-order valence-electron chi connectivity index (χ3n) is 3.08. The fourth-order valence-corrected chi connectivity index (χ4v) is 2.91. The van der Waals surface area contributed by atoms with Gasteiger partial charge >= 0.3 is 5.97 Å². The Morgan fingerprint density at radius 1 is 1.35 bits per heavy atom. The van der Waals surface area contributed by atoms with E-state index >= 15 is 0 Å². The molecular weight excluding hydrogens is 274 g/mol. The van der Waals surface area contributed by atoms with E-state index in [-0.39, 0.29) is 17.1 Å². The fourth-order valence-electron chi connectivity index (χ4n) is 1.82. The number of amides is 1. The molecule has 1 atom stereocenters. The quantitative estimate of drug-likeness (QED) is 0.784. The summed E-state index contributed by atoms with van der Waals surface area (Å²) in [6.45, 7) is 0. The van der Waals surface area contributed by atoms with Crippen LogP contribution in [-0.2, 0) is 14.3 Å². The summed E-state index contributed by atoms with van der Waals surface area (Å²) < 4.78 is 4.62. The number of carbonyl (C=O) groups excluding carboxylic acids is 2. The Hall–Kier alpha value is -1.49. The zero-order valence-corrected chi connectivity index (χ0v) is 12.3. The van der Waals surface area contributed by atoms with E-state index in [1.165, 1.54) is 18.9 Å². The van der Waals surface area contributed by atoms with Gasteiger partial charge in [-0.05, 0) is 18.4 Å². The molecule has 5 heteroatoms. The summed E-state index contributed by atoms with van der Waals surface area (Å²) in [5.74, 6) is 0.366. The van der Waals surface area contributed by atoms with Crippen molar-refractivity contribution in [3.63, 3.8) is 0 Å². The van der Waals surface area contributed by atoms with Crippen molar-refractivity contribution in [3.05, 3.63) is 35.9 Å². The van der Waals surface area contributed by atoms with E-state index in [9.17, 15) is 9.59 Å².